The van der Waals surface area contributed by atoms with Gasteiger partial charge in [0.05, 0.1) is 0 Å². The van der Waals surface area contributed by atoms with Crippen molar-refractivity contribution in [2.45, 2.75) is 13.3 Å². The summed E-state index contributed by atoms with van der Waals surface area (Å²) in [4.78, 5) is 10.8. The standard InChI is InChI=1S/C9H9NO.2Re/c1-2-9(11)10-8-6-4-3-5-7-8;;/h3-4,7H,2H2,1H3,(H,10,11);;/q-2;;. The average Bonchev–Trinajstić information content (AvgIpc) is 2.06. The molecule has 2 radical (unpaired) electrons. The Balaban J connectivity index is 0. The Kier molecular flexibility index (Phi) is 10.3. The van der Waals surface area contributed by atoms with Gasteiger partial charge in [-0.1, -0.05) is 6.92 Å². The van der Waals surface area contributed by atoms with Crippen LogP contribution in [0.25, 0.3) is 0 Å². The molecule has 0 heterocycles. The van der Waals surface area contributed by atoms with Crippen molar-refractivity contribution in [3.63, 3.8) is 0 Å². The number of carbonyl (C=O) groups excluding carboxylic acids is 1. The molecule has 0 aliphatic carbocycles. The van der Waals surface area contributed by atoms with Gasteiger partial charge in [-0.05, 0) is 0 Å². The minimum Gasteiger partial charge on any atom is -0.403 e. The van der Waals surface area contributed by atoms with Crippen LogP contribution in [0.4, 0.5) is 5.69 Å². The molecule has 1 aromatic rings. The summed E-state index contributed by atoms with van der Waals surface area (Å²) >= 11 is 0. The van der Waals surface area contributed by atoms with E-state index in [2.05, 4.69) is 17.4 Å². The van der Waals surface area contributed by atoms with Gasteiger partial charge in [-0.25, -0.2) is 0 Å². The van der Waals surface area contributed by atoms with Gasteiger partial charge >= 0.3 is 0 Å². The van der Waals surface area contributed by atoms with Crippen molar-refractivity contribution in [2.24, 2.45) is 0 Å². The topological polar surface area (TPSA) is 29.1 Å². The Hall–Kier alpha value is 0.0147. The van der Waals surface area contributed by atoms with Crippen molar-refractivity contribution in [3.05, 3.63) is 30.3 Å². The number of amides is 1. The summed E-state index contributed by atoms with van der Waals surface area (Å²) in [6.07, 6.45) is 0.489. The Morgan fingerprint density at radius 2 is 2.15 bits per heavy atom. The second-order valence-electron chi connectivity index (χ2n) is 2.10. The summed E-state index contributed by atoms with van der Waals surface area (Å²) in [5.74, 6) is 0.000787. The van der Waals surface area contributed by atoms with Crippen LogP contribution in [-0.2, 0) is 45.6 Å². The van der Waals surface area contributed by atoms with Crippen LogP contribution in [0.1, 0.15) is 13.3 Å². The molecule has 72 valence electrons. The predicted octanol–water partition coefficient (Wildman–Crippen LogP) is 1.63. The zero-order chi connectivity index (χ0) is 8.10. The Bertz CT molecular complexity index is 239. The van der Waals surface area contributed by atoms with Gasteiger partial charge in [0.2, 0.25) is 5.91 Å². The van der Waals surface area contributed by atoms with E-state index in [9.17, 15) is 4.79 Å². The maximum atomic E-state index is 10.8. The fourth-order valence-corrected chi connectivity index (χ4v) is 0.663. The Morgan fingerprint density at radius 1 is 1.46 bits per heavy atom. The molecule has 0 aliphatic heterocycles. The molecule has 1 N–H and O–H groups in total. The first-order valence-electron chi connectivity index (χ1n) is 3.50. The van der Waals surface area contributed by atoms with E-state index in [0.29, 0.717) is 12.1 Å². The van der Waals surface area contributed by atoms with Crippen LogP contribution in [0, 0.1) is 12.1 Å². The fraction of sp³-hybridized carbons (Fsp3) is 0.222. The maximum Gasteiger partial charge on any atom is 0.211 e. The monoisotopic (exact) mass is 521 g/mol. The van der Waals surface area contributed by atoms with E-state index in [0.717, 1.165) is 0 Å². The van der Waals surface area contributed by atoms with E-state index in [1.165, 1.54) is 0 Å². The van der Waals surface area contributed by atoms with E-state index in [1.54, 1.807) is 18.2 Å². The third-order valence-electron chi connectivity index (χ3n) is 1.24. The molecule has 0 aliphatic rings. The van der Waals surface area contributed by atoms with Crippen LogP contribution in [0.15, 0.2) is 18.2 Å². The van der Waals surface area contributed by atoms with E-state index in [-0.39, 0.29) is 46.8 Å². The van der Waals surface area contributed by atoms with Gasteiger partial charge < -0.3 is 11.4 Å². The third-order valence-corrected chi connectivity index (χ3v) is 1.24. The summed E-state index contributed by atoms with van der Waals surface area (Å²) in [6.45, 7) is 1.81. The third kappa shape index (κ3) is 6.14. The summed E-state index contributed by atoms with van der Waals surface area (Å²) < 4.78 is 0. The quantitative estimate of drug-likeness (QED) is 0.592. The number of carbonyl (C=O) groups is 1. The summed E-state index contributed by atoms with van der Waals surface area (Å²) in [5, 5.41) is 2.67. The van der Waals surface area contributed by atoms with Crippen molar-refractivity contribution in [2.75, 3.05) is 5.32 Å². The predicted molar refractivity (Wildman–Crippen MR) is 43.0 cm³/mol. The molecule has 2 nitrogen and oxygen atoms in total. The first kappa shape index (κ1) is 15.5. The van der Waals surface area contributed by atoms with Crippen LogP contribution in [0.2, 0.25) is 0 Å². The first-order valence-corrected chi connectivity index (χ1v) is 3.50. The second kappa shape index (κ2) is 8.61. The van der Waals surface area contributed by atoms with E-state index < -0.39 is 0 Å². The fourth-order valence-electron chi connectivity index (χ4n) is 0.663. The summed E-state index contributed by atoms with van der Waals surface area (Å²) in [5.41, 5.74) is 0.680. The van der Waals surface area contributed by atoms with Crippen LogP contribution < -0.4 is 5.32 Å². The maximum absolute atomic E-state index is 10.8. The molecule has 1 amide bonds. The zero-order valence-corrected chi connectivity index (χ0v) is 12.5. The molecular formula is C9H9NORe2-2. The molecule has 0 unspecified atom stereocenters. The van der Waals surface area contributed by atoms with Gasteiger partial charge in [0.25, 0.3) is 0 Å². The van der Waals surface area contributed by atoms with Crippen molar-refractivity contribution >= 4 is 11.6 Å². The molecule has 0 spiro atoms. The van der Waals surface area contributed by atoms with Crippen LogP contribution in [-0.4, -0.2) is 5.91 Å². The smallest absolute Gasteiger partial charge is 0.211 e. The van der Waals surface area contributed by atoms with Gasteiger partial charge in [0.15, 0.2) is 0 Å². The van der Waals surface area contributed by atoms with Crippen LogP contribution >= 0.6 is 0 Å². The van der Waals surface area contributed by atoms with Crippen molar-refractivity contribution < 1.29 is 45.6 Å². The zero-order valence-electron chi connectivity index (χ0n) is 7.10. The number of hydrogen-bond acceptors (Lipinski definition) is 1. The van der Waals surface area contributed by atoms with Gasteiger partial charge in [0.1, 0.15) is 0 Å². The molecule has 1 rings (SSSR count). The molecule has 0 bridgehead atoms. The Labute approximate surface area is 106 Å². The van der Waals surface area contributed by atoms with Crippen molar-refractivity contribution in [1.82, 2.24) is 0 Å². The van der Waals surface area contributed by atoms with E-state index in [4.69, 9.17) is 0 Å². The number of anilines is 1. The molecule has 0 saturated carbocycles. The number of hydrogen-bond donors (Lipinski definition) is 1. The minimum atomic E-state index is 0. The SMILES string of the molecule is CCC(=O)Nc1[c-]cc[c-]c1.[Re].[Re]. The molecule has 0 fully saturated rings. The van der Waals surface area contributed by atoms with Gasteiger partial charge in [-0.2, -0.15) is 5.69 Å². The second-order valence-corrected chi connectivity index (χ2v) is 2.10. The average molecular weight is 520 g/mol. The van der Waals surface area contributed by atoms with E-state index in [1.807, 2.05) is 6.92 Å². The molecule has 1 aromatic carbocycles. The van der Waals surface area contributed by atoms with Gasteiger partial charge in [-0.15, -0.1) is 0 Å². The number of rotatable bonds is 2. The number of benzene rings is 1. The molecule has 13 heavy (non-hydrogen) atoms. The molecule has 0 aromatic heterocycles. The molecule has 0 atom stereocenters. The van der Waals surface area contributed by atoms with E-state index >= 15 is 0 Å². The largest absolute Gasteiger partial charge is 0.403 e. The van der Waals surface area contributed by atoms with Gasteiger partial charge in [-0.3, -0.25) is 29.1 Å². The Morgan fingerprint density at radius 3 is 2.62 bits per heavy atom. The summed E-state index contributed by atoms with van der Waals surface area (Å²) in [6, 6.07) is 10.9. The number of nitrogens with one attached hydrogen (secondary N) is 1. The first-order chi connectivity index (χ1) is 5.33. The normalized spacial score (nSPS) is 7.77. The minimum absolute atomic E-state index is 0. The van der Waals surface area contributed by atoms with Crippen LogP contribution in [0.5, 0.6) is 0 Å². The van der Waals surface area contributed by atoms with Crippen molar-refractivity contribution in [3.8, 4) is 0 Å². The van der Waals surface area contributed by atoms with Crippen molar-refractivity contribution in [1.29, 1.82) is 0 Å². The van der Waals surface area contributed by atoms with Gasteiger partial charge in [0, 0.05) is 47.3 Å². The molecule has 0 saturated heterocycles. The molecular weight excluding hydrogens is 511 g/mol. The summed E-state index contributed by atoms with van der Waals surface area (Å²) in [7, 11) is 0. The van der Waals surface area contributed by atoms with Crippen LogP contribution in [0.3, 0.4) is 0 Å². The molecule has 4 heteroatoms.